The molecule has 1 fully saturated rings. The average Bonchev–Trinajstić information content (AvgIpc) is 3.26. The Morgan fingerprint density at radius 3 is 2.96 bits per heavy atom. The molecule has 0 aromatic carbocycles. The van der Waals surface area contributed by atoms with E-state index in [4.69, 9.17) is 9.47 Å². The first-order valence-electron chi connectivity index (χ1n) is 8.46. The lowest BCUT2D eigenvalue weighted by atomic mass is 10.1. The minimum Gasteiger partial charge on any atom is -0.381 e. The summed E-state index contributed by atoms with van der Waals surface area (Å²) < 4.78 is 12.9. The Labute approximate surface area is 138 Å². The molecular weight excluding hydrogens is 294 g/mol. The highest BCUT2D eigenvalue weighted by Gasteiger charge is 2.15. The zero-order chi connectivity index (χ0) is 16.2. The molecule has 1 atom stereocenters. The number of nitrogens with zero attached hydrogens (tertiary/aromatic N) is 3. The molecule has 1 aromatic rings. The lowest BCUT2D eigenvalue weighted by molar-refractivity contribution is 0.0888. The normalized spacial score (nSPS) is 18.3. The Morgan fingerprint density at radius 2 is 2.26 bits per heavy atom. The van der Waals surface area contributed by atoms with Crippen molar-refractivity contribution in [3.05, 3.63) is 18.5 Å². The number of nitrogens with one attached hydrogen (secondary N) is 2. The highest BCUT2D eigenvalue weighted by molar-refractivity contribution is 5.79. The SMILES string of the molecule is CN=C(NCCCOCC1CCOC1)NCCCn1cccn1. The molecule has 2 heterocycles. The number of aliphatic imine (C=N–C) groups is 1. The van der Waals surface area contributed by atoms with Crippen molar-refractivity contribution in [3.63, 3.8) is 0 Å². The van der Waals surface area contributed by atoms with Gasteiger partial charge in [-0.05, 0) is 25.3 Å². The van der Waals surface area contributed by atoms with Gasteiger partial charge in [-0.25, -0.2) is 0 Å². The van der Waals surface area contributed by atoms with Crippen LogP contribution in [0.1, 0.15) is 19.3 Å². The van der Waals surface area contributed by atoms with Crippen LogP contribution in [-0.2, 0) is 16.0 Å². The Balaban J connectivity index is 1.43. The van der Waals surface area contributed by atoms with Crippen molar-refractivity contribution in [3.8, 4) is 0 Å². The monoisotopic (exact) mass is 323 g/mol. The van der Waals surface area contributed by atoms with Gasteiger partial charge in [0.2, 0.25) is 0 Å². The van der Waals surface area contributed by atoms with Gasteiger partial charge in [0.25, 0.3) is 0 Å². The van der Waals surface area contributed by atoms with E-state index in [1.54, 1.807) is 13.2 Å². The highest BCUT2D eigenvalue weighted by Crippen LogP contribution is 2.12. The van der Waals surface area contributed by atoms with Crippen LogP contribution in [0.2, 0.25) is 0 Å². The molecule has 7 heteroatoms. The van der Waals surface area contributed by atoms with E-state index in [-0.39, 0.29) is 0 Å². The molecule has 0 aliphatic carbocycles. The number of hydrogen-bond donors (Lipinski definition) is 2. The lowest BCUT2D eigenvalue weighted by Crippen LogP contribution is -2.38. The fraction of sp³-hybridized carbons (Fsp3) is 0.750. The molecule has 2 rings (SSSR count). The standard InChI is InChI=1S/C16H29N5O2/c1-17-16(18-6-2-9-21-10-3-8-20-21)19-7-4-11-22-13-15-5-12-23-14-15/h3,8,10,15H,2,4-7,9,11-14H2,1H3,(H2,17,18,19). The van der Waals surface area contributed by atoms with E-state index in [2.05, 4.69) is 20.7 Å². The summed E-state index contributed by atoms with van der Waals surface area (Å²) in [7, 11) is 1.79. The predicted molar refractivity (Wildman–Crippen MR) is 90.6 cm³/mol. The topological polar surface area (TPSA) is 72.7 Å². The first-order chi connectivity index (χ1) is 11.4. The second kappa shape index (κ2) is 11.0. The molecule has 1 aliphatic heterocycles. The Morgan fingerprint density at radius 1 is 1.39 bits per heavy atom. The molecule has 2 N–H and O–H groups in total. The number of guanidine groups is 1. The van der Waals surface area contributed by atoms with Crippen LogP contribution < -0.4 is 10.6 Å². The van der Waals surface area contributed by atoms with E-state index < -0.39 is 0 Å². The molecule has 0 spiro atoms. The molecule has 7 nitrogen and oxygen atoms in total. The maximum atomic E-state index is 5.68. The first kappa shape index (κ1) is 17.7. The number of rotatable bonds is 10. The molecular formula is C16H29N5O2. The summed E-state index contributed by atoms with van der Waals surface area (Å²) >= 11 is 0. The summed E-state index contributed by atoms with van der Waals surface area (Å²) in [6, 6.07) is 1.94. The third-order valence-electron chi connectivity index (χ3n) is 3.77. The minimum absolute atomic E-state index is 0.590. The van der Waals surface area contributed by atoms with Gasteiger partial charge in [0.05, 0.1) is 13.2 Å². The maximum absolute atomic E-state index is 5.68. The number of aromatic nitrogens is 2. The van der Waals surface area contributed by atoms with Crippen molar-refractivity contribution in [1.82, 2.24) is 20.4 Å². The molecule has 0 saturated carbocycles. The zero-order valence-corrected chi connectivity index (χ0v) is 14.0. The number of aryl methyl sites for hydroxylation is 1. The third kappa shape index (κ3) is 7.47. The number of hydrogen-bond acceptors (Lipinski definition) is 4. The summed E-state index contributed by atoms with van der Waals surface area (Å²) in [4.78, 5) is 4.22. The largest absolute Gasteiger partial charge is 0.381 e. The second-order valence-corrected chi connectivity index (χ2v) is 5.71. The van der Waals surface area contributed by atoms with Gasteiger partial charge in [0, 0.05) is 58.2 Å². The van der Waals surface area contributed by atoms with Gasteiger partial charge in [-0.3, -0.25) is 9.67 Å². The van der Waals surface area contributed by atoms with E-state index in [0.717, 1.165) is 71.3 Å². The highest BCUT2D eigenvalue weighted by atomic mass is 16.5. The van der Waals surface area contributed by atoms with Gasteiger partial charge in [-0.2, -0.15) is 5.10 Å². The molecule has 0 bridgehead atoms. The molecule has 1 aliphatic rings. The van der Waals surface area contributed by atoms with Crippen LogP contribution in [0.4, 0.5) is 0 Å². The van der Waals surface area contributed by atoms with Crippen LogP contribution in [0.25, 0.3) is 0 Å². The summed E-state index contributed by atoms with van der Waals surface area (Å²) in [5.41, 5.74) is 0. The van der Waals surface area contributed by atoms with Gasteiger partial charge >= 0.3 is 0 Å². The number of ether oxygens (including phenoxy) is 2. The van der Waals surface area contributed by atoms with Gasteiger partial charge in [-0.15, -0.1) is 0 Å². The quantitative estimate of drug-likeness (QED) is 0.380. The van der Waals surface area contributed by atoms with E-state index in [9.17, 15) is 0 Å². The molecule has 1 unspecified atom stereocenters. The van der Waals surface area contributed by atoms with Crippen molar-refractivity contribution in [2.45, 2.75) is 25.8 Å². The third-order valence-corrected chi connectivity index (χ3v) is 3.77. The summed E-state index contributed by atoms with van der Waals surface area (Å²) in [5, 5.41) is 10.8. The van der Waals surface area contributed by atoms with Crippen LogP contribution in [-0.4, -0.2) is 62.3 Å². The molecule has 130 valence electrons. The van der Waals surface area contributed by atoms with Crippen molar-refractivity contribution in [1.29, 1.82) is 0 Å². The van der Waals surface area contributed by atoms with Crippen LogP contribution in [0.15, 0.2) is 23.5 Å². The van der Waals surface area contributed by atoms with Crippen LogP contribution in [0.3, 0.4) is 0 Å². The van der Waals surface area contributed by atoms with Crippen LogP contribution in [0, 0.1) is 5.92 Å². The fourth-order valence-corrected chi connectivity index (χ4v) is 2.45. The maximum Gasteiger partial charge on any atom is 0.190 e. The predicted octanol–water partition coefficient (Wildman–Crippen LogP) is 0.881. The summed E-state index contributed by atoms with van der Waals surface area (Å²) in [6.45, 7) is 5.99. The molecule has 1 aromatic heterocycles. The van der Waals surface area contributed by atoms with Gasteiger partial charge < -0.3 is 20.1 Å². The smallest absolute Gasteiger partial charge is 0.190 e. The summed E-state index contributed by atoms with van der Waals surface area (Å²) in [6.07, 6.45) is 6.89. The first-order valence-corrected chi connectivity index (χ1v) is 8.46. The Bertz CT molecular complexity index is 430. The Hall–Kier alpha value is -1.60. The van der Waals surface area contributed by atoms with E-state index in [0.29, 0.717) is 5.92 Å². The minimum atomic E-state index is 0.590. The molecule has 1 saturated heterocycles. The van der Waals surface area contributed by atoms with E-state index in [1.165, 1.54) is 0 Å². The van der Waals surface area contributed by atoms with Gasteiger partial charge in [0.1, 0.15) is 0 Å². The zero-order valence-electron chi connectivity index (χ0n) is 14.0. The van der Waals surface area contributed by atoms with Crippen molar-refractivity contribution >= 4 is 5.96 Å². The fourth-order valence-electron chi connectivity index (χ4n) is 2.45. The average molecular weight is 323 g/mol. The van der Waals surface area contributed by atoms with E-state index >= 15 is 0 Å². The molecule has 23 heavy (non-hydrogen) atoms. The molecule has 0 amide bonds. The Kier molecular flexibility index (Phi) is 8.50. The van der Waals surface area contributed by atoms with Crippen molar-refractivity contribution in [2.75, 3.05) is 46.6 Å². The molecule has 0 radical (unpaired) electrons. The van der Waals surface area contributed by atoms with E-state index in [1.807, 2.05) is 16.9 Å². The van der Waals surface area contributed by atoms with Crippen molar-refractivity contribution < 1.29 is 9.47 Å². The lowest BCUT2D eigenvalue weighted by Gasteiger charge is -2.12. The van der Waals surface area contributed by atoms with Crippen LogP contribution in [0.5, 0.6) is 0 Å². The van der Waals surface area contributed by atoms with Gasteiger partial charge in [-0.1, -0.05) is 0 Å². The second-order valence-electron chi connectivity index (χ2n) is 5.71. The summed E-state index contributed by atoms with van der Waals surface area (Å²) in [5.74, 6) is 1.43. The van der Waals surface area contributed by atoms with Crippen LogP contribution >= 0.6 is 0 Å². The van der Waals surface area contributed by atoms with Gasteiger partial charge in [0.15, 0.2) is 5.96 Å². The van der Waals surface area contributed by atoms with Crippen molar-refractivity contribution in [2.24, 2.45) is 10.9 Å².